The van der Waals surface area contributed by atoms with E-state index in [-0.39, 0.29) is 6.04 Å². The van der Waals surface area contributed by atoms with Gasteiger partial charge in [0.1, 0.15) is 0 Å². The summed E-state index contributed by atoms with van der Waals surface area (Å²) >= 11 is 0. The average Bonchev–Trinajstić information content (AvgIpc) is 2.43. The van der Waals surface area contributed by atoms with Crippen molar-refractivity contribution in [2.75, 3.05) is 40.8 Å². The highest BCUT2D eigenvalue weighted by Crippen LogP contribution is 2.16. The van der Waals surface area contributed by atoms with Crippen molar-refractivity contribution >= 4 is 0 Å². The molecular formula is C15H23F2N3. The molecule has 1 aliphatic heterocycles. The Labute approximate surface area is 119 Å². The van der Waals surface area contributed by atoms with Crippen LogP contribution in [0.2, 0.25) is 0 Å². The molecule has 1 heterocycles. The molecule has 1 fully saturated rings. The summed E-state index contributed by atoms with van der Waals surface area (Å²) in [6.07, 6.45) is 0.691. The van der Waals surface area contributed by atoms with Crippen molar-refractivity contribution < 1.29 is 8.78 Å². The summed E-state index contributed by atoms with van der Waals surface area (Å²) in [5, 5.41) is 3.32. The molecule has 20 heavy (non-hydrogen) atoms. The SMILES string of the molecule is CNC(Cc1ccc(F)c(F)c1)C1CN(C)CCN1C. The molecule has 1 aromatic rings. The molecule has 3 nitrogen and oxygen atoms in total. The first kappa shape index (κ1) is 15.4. The molecular weight excluding hydrogens is 260 g/mol. The first-order valence-electron chi connectivity index (χ1n) is 7.01. The number of piperazine rings is 1. The predicted octanol–water partition coefficient (Wildman–Crippen LogP) is 1.34. The van der Waals surface area contributed by atoms with Gasteiger partial charge in [0.05, 0.1) is 0 Å². The van der Waals surface area contributed by atoms with E-state index in [4.69, 9.17) is 0 Å². The number of benzene rings is 1. The highest BCUT2D eigenvalue weighted by atomic mass is 19.2. The van der Waals surface area contributed by atoms with Crippen molar-refractivity contribution in [1.82, 2.24) is 15.1 Å². The monoisotopic (exact) mass is 283 g/mol. The predicted molar refractivity (Wildman–Crippen MR) is 76.8 cm³/mol. The number of likely N-dealkylation sites (N-methyl/N-ethyl adjacent to an activating group) is 3. The zero-order valence-corrected chi connectivity index (χ0v) is 12.4. The standard InChI is InChI=1S/C15H23F2N3/c1-18-14(15-10-19(2)6-7-20(15)3)9-11-4-5-12(16)13(17)8-11/h4-5,8,14-15,18H,6-7,9-10H2,1-3H3. The minimum atomic E-state index is -0.788. The van der Waals surface area contributed by atoms with Gasteiger partial charge in [-0.05, 0) is 45.3 Å². The van der Waals surface area contributed by atoms with Crippen molar-refractivity contribution in [2.24, 2.45) is 0 Å². The summed E-state index contributed by atoms with van der Waals surface area (Å²) in [7, 11) is 6.16. The maximum Gasteiger partial charge on any atom is 0.159 e. The normalized spacial score (nSPS) is 22.9. The number of rotatable bonds is 4. The minimum absolute atomic E-state index is 0.215. The van der Waals surface area contributed by atoms with Gasteiger partial charge in [0.2, 0.25) is 0 Å². The molecule has 0 radical (unpaired) electrons. The van der Waals surface area contributed by atoms with Crippen molar-refractivity contribution in [1.29, 1.82) is 0 Å². The van der Waals surface area contributed by atoms with Crippen LogP contribution in [0.25, 0.3) is 0 Å². The summed E-state index contributed by atoms with van der Waals surface area (Å²) in [5.74, 6) is -1.56. The molecule has 0 aromatic heterocycles. The maximum atomic E-state index is 13.3. The molecule has 2 unspecified atom stereocenters. The third kappa shape index (κ3) is 3.53. The molecule has 1 aromatic carbocycles. The first-order valence-corrected chi connectivity index (χ1v) is 7.01. The second-order valence-corrected chi connectivity index (χ2v) is 5.66. The molecule has 0 bridgehead atoms. The lowest BCUT2D eigenvalue weighted by Crippen LogP contribution is -2.58. The van der Waals surface area contributed by atoms with Gasteiger partial charge in [-0.1, -0.05) is 6.07 Å². The minimum Gasteiger partial charge on any atom is -0.315 e. The lowest BCUT2D eigenvalue weighted by molar-refractivity contribution is 0.0897. The van der Waals surface area contributed by atoms with Gasteiger partial charge < -0.3 is 10.2 Å². The molecule has 1 N–H and O–H groups in total. The van der Waals surface area contributed by atoms with Crippen LogP contribution in [0.1, 0.15) is 5.56 Å². The van der Waals surface area contributed by atoms with E-state index in [1.54, 1.807) is 6.07 Å². The van der Waals surface area contributed by atoms with E-state index in [1.165, 1.54) is 12.1 Å². The van der Waals surface area contributed by atoms with E-state index in [0.29, 0.717) is 12.5 Å². The van der Waals surface area contributed by atoms with Crippen molar-refractivity contribution in [2.45, 2.75) is 18.5 Å². The smallest absolute Gasteiger partial charge is 0.159 e. The van der Waals surface area contributed by atoms with Gasteiger partial charge in [-0.15, -0.1) is 0 Å². The van der Waals surface area contributed by atoms with E-state index in [9.17, 15) is 8.78 Å². The fourth-order valence-corrected chi connectivity index (χ4v) is 2.83. The largest absolute Gasteiger partial charge is 0.315 e. The van der Waals surface area contributed by atoms with Gasteiger partial charge >= 0.3 is 0 Å². The lowest BCUT2D eigenvalue weighted by atomic mass is 9.96. The van der Waals surface area contributed by atoms with Gasteiger partial charge in [-0.2, -0.15) is 0 Å². The van der Waals surface area contributed by atoms with E-state index >= 15 is 0 Å². The van der Waals surface area contributed by atoms with Crippen molar-refractivity contribution in [3.63, 3.8) is 0 Å². The van der Waals surface area contributed by atoms with Gasteiger partial charge in [0, 0.05) is 31.7 Å². The fourth-order valence-electron chi connectivity index (χ4n) is 2.83. The Balaban J connectivity index is 2.09. The third-order valence-electron chi connectivity index (χ3n) is 4.17. The topological polar surface area (TPSA) is 18.5 Å². The Morgan fingerprint density at radius 1 is 1.25 bits per heavy atom. The first-order chi connectivity index (χ1) is 9.51. The number of nitrogens with zero attached hydrogens (tertiary/aromatic N) is 2. The van der Waals surface area contributed by atoms with Crippen LogP contribution in [-0.2, 0) is 6.42 Å². The Kier molecular flexibility index (Phi) is 5.07. The van der Waals surface area contributed by atoms with Crippen molar-refractivity contribution in [3.05, 3.63) is 35.4 Å². The van der Waals surface area contributed by atoms with Gasteiger partial charge in [0.25, 0.3) is 0 Å². The second-order valence-electron chi connectivity index (χ2n) is 5.66. The van der Waals surface area contributed by atoms with E-state index in [1.807, 2.05) is 7.05 Å². The number of hydrogen-bond acceptors (Lipinski definition) is 3. The van der Waals surface area contributed by atoms with Gasteiger partial charge in [-0.3, -0.25) is 4.90 Å². The molecule has 0 saturated carbocycles. The van der Waals surface area contributed by atoms with Crippen LogP contribution >= 0.6 is 0 Å². The van der Waals surface area contributed by atoms with Crippen LogP contribution in [0.4, 0.5) is 8.78 Å². The molecule has 0 amide bonds. The second kappa shape index (κ2) is 6.61. The highest BCUT2D eigenvalue weighted by molar-refractivity contribution is 5.19. The summed E-state index contributed by atoms with van der Waals surface area (Å²) in [6, 6.07) is 4.75. The number of halogens is 2. The number of nitrogens with one attached hydrogen (secondary N) is 1. The van der Waals surface area contributed by atoms with Crippen LogP contribution in [-0.4, -0.2) is 62.7 Å². The van der Waals surface area contributed by atoms with E-state index in [2.05, 4.69) is 29.2 Å². The maximum absolute atomic E-state index is 13.3. The van der Waals surface area contributed by atoms with E-state index < -0.39 is 11.6 Å². The van der Waals surface area contributed by atoms with Crippen LogP contribution in [0.15, 0.2) is 18.2 Å². The molecule has 0 aliphatic carbocycles. The molecule has 1 aliphatic rings. The molecule has 2 rings (SSSR count). The molecule has 5 heteroatoms. The zero-order chi connectivity index (χ0) is 14.7. The third-order valence-corrected chi connectivity index (χ3v) is 4.17. The summed E-state index contributed by atoms with van der Waals surface area (Å²) < 4.78 is 26.3. The molecule has 0 spiro atoms. The summed E-state index contributed by atoms with van der Waals surface area (Å²) in [5.41, 5.74) is 0.824. The molecule has 112 valence electrons. The van der Waals surface area contributed by atoms with Gasteiger partial charge in [0.15, 0.2) is 11.6 Å². The molecule has 2 atom stereocenters. The summed E-state index contributed by atoms with van der Waals surface area (Å²) in [6.45, 7) is 3.07. The van der Waals surface area contributed by atoms with Crippen LogP contribution in [0.5, 0.6) is 0 Å². The van der Waals surface area contributed by atoms with Crippen molar-refractivity contribution in [3.8, 4) is 0 Å². The van der Waals surface area contributed by atoms with Crippen LogP contribution < -0.4 is 5.32 Å². The quantitative estimate of drug-likeness (QED) is 0.900. The summed E-state index contributed by atoms with van der Waals surface area (Å²) in [4.78, 5) is 4.64. The Morgan fingerprint density at radius 3 is 2.65 bits per heavy atom. The average molecular weight is 283 g/mol. The Bertz CT molecular complexity index is 453. The Morgan fingerprint density at radius 2 is 2.00 bits per heavy atom. The van der Waals surface area contributed by atoms with Crippen LogP contribution in [0.3, 0.4) is 0 Å². The van der Waals surface area contributed by atoms with Crippen LogP contribution in [0, 0.1) is 11.6 Å². The highest BCUT2D eigenvalue weighted by Gasteiger charge is 2.29. The zero-order valence-electron chi connectivity index (χ0n) is 12.4. The lowest BCUT2D eigenvalue weighted by Gasteiger charge is -2.42. The number of hydrogen-bond donors (Lipinski definition) is 1. The Hall–Kier alpha value is -1.04. The molecule has 1 saturated heterocycles. The fraction of sp³-hybridized carbons (Fsp3) is 0.600. The van der Waals surface area contributed by atoms with Gasteiger partial charge in [-0.25, -0.2) is 8.78 Å². The van der Waals surface area contributed by atoms with E-state index in [0.717, 1.165) is 25.2 Å².